The summed E-state index contributed by atoms with van der Waals surface area (Å²) >= 11 is 0. The summed E-state index contributed by atoms with van der Waals surface area (Å²) in [7, 11) is -2.10. The number of benzene rings is 1. The highest BCUT2D eigenvalue weighted by Gasteiger charge is 2.18. The van der Waals surface area contributed by atoms with E-state index in [0.717, 1.165) is 5.56 Å². The summed E-state index contributed by atoms with van der Waals surface area (Å²) in [6.07, 6.45) is 0.346. The van der Waals surface area contributed by atoms with Crippen LogP contribution in [0.3, 0.4) is 0 Å². The molecule has 0 aliphatic carbocycles. The number of methoxy groups -OCH3 is 1. The first-order chi connectivity index (χ1) is 9.26. The Morgan fingerprint density at radius 2 is 2.00 bits per heavy atom. The topological polar surface area (TPSA) is 92.7 Å². The Morgan fingerprint density at radius 3 is 2.55 bits per heavy atom. The van der Waals surface area contributed by atoms with E-state index >= 15 is 0 Å². The van der Waals surface area contributed by atoms with Gasteiger partial charge < -0.3 is 9.84 Å². The third-order valence-electron chi connectivity index (χ3n) is 2.73. The first-order valence-corrected chi connectivity index (χ1v) is 7.76. The van der Waals surface area contributed by atoms with Crippen molar-refractivity contribution >= 4 is 21.7 Å². The van der Waals surface area contributed by atoms with Crippen molar-refractivity contribution in [1.82, 2.24) is 0 Å². The summed E-state index contributed by atoms with van der Waals surface area (Å²) in [6.45, 7) is 3.77. The molecule has 0 heterocycles. The first kappa shape index (κ1) is 16.5. The van der Waals surface area contributed by atoms with E-state index < -0.39 is 16.0 Å². The van der Waals surface area contributed by atoms with Gasteiger partial charge in [0.25, 0.3) is 0 Å². The van der Waals surface area contributed by atoms with Crippen molar-refractivity contribution < 1.29 is 23.1 Å². The lowest BCUT2D eigenvalue weighted by molar-refractivity contribution is 0.0698. The van der Waals surface area contributed by atoms with Gasteiger partial charge in [-0.2, -0.15) is 0 Å². The Morgan fingerprint density at radius 1 is 1.35 bits per heavy atom. The second-order valence-electron chi connectivity index (χ2n) is 4.58. The van der Waals surface area contributed by atoms with Crippen molar-refractivity contribution in [3.8, 4) is 0 Å². The highest BCUT2D eigenvalue weighted by atomic mass is 32.2. The van der Waals surface area contributed by atoms with Crippen molar-refractivity contribution in [3.05, 3.63) is 28.8 Å². The van der Waals surface area contributed by atoms with Crippen LogP contribution in [0.4, 0.5) is 5.69 Å². The van der Waals surface area contributed by atoms with E-state index in [-0.39, 0.29) is 17.0 Å². The second-order valence-corrected chi connectivity index (χ2v) is 6.42. The lowest BCUT2D eigenvalue weighted by Crippen LogP contribution is -2.20. The zero-order valence-electron chi connectivity index (χ0n) is 11.8. The molecule has 0 amide bonds. The van der Waals surface area contributed by atoms with Gasteiger partial charge in [0.1, 0.15) is 0 Å². The summed E-state index contributed by atoms with van der Waals surface area (Å²) in [5.41, 5.74) is 1.43. The number of ether oxygens (including phenoxy) is 1. The molecule has 1 aromatic rings. The van der Waals surface area contributed by atoms with Crippen molar-refractivity contribution in [2.75, 3.05) is 24.2 Å². The number of carboxylic acids is 1. The molecule has 2 N–H and O–H groups in total. The van der Waals surface area contributed by atoms with Crippen LogP contribution < -0.4 is 4.72 Å². The number of sulfonamides is 1. The Bertz CT molecular complexity index is 595. The number of rotatable bonds is 7. The van der Waals surface area contributed by atoms with Crippen LogP contribution in [0.5, 0.6) is 0 Å². The molecular formula is C13H19NO5S. The Balaban J connectivity index is 3.05. The van der Waals surface area contributed by atoms with E-state index in [2.05, 4.69) is 4.72 Å². The largest absolute Gasteiger partial charge is 0.478 e. The van der Waals surface area contributed by atoms with E-state index in [0.29, 0.717) is 18.6 Å². The minimum absolute atomic E-state index is 0.0437. The van der Waals surface area contributed by atoms with Crippen LogP contribution in [0.25, 0.3) is 0 Å². The van der Waals surface area contributed by atoms with Gasteiger partial charge in [0.2, 0.25) is 10.0 Å². The molecule has 0 atom stereocenters. The Kier molecular flexibility index (Phi) is 5.52. The smallest absolute Gasteiger partial charge is 0.337 e. The van der Waals surface area contributed by atoms with Crippen LogP contribution in [-0.4, -0.2) is 39.0 Å². The van der Waals surface area contributed by atoms with E-state index in [1.807, 2.05) is 0 Å². The number of aromatic carboxylic acids is 1. The summed E-state index contributed by atoms with van der Waals surface area (Å²) in [5, 5.41) is 9.17. The molecule has 0 aromatic heterocycles. The van der Waals surface area contributed by atoms with Crippen LogP contribution in [0.15, 0.2) is 12.1 Å². The molecule has 7 heteroatoms. The van der Waals surface area contributed by atoms with E-state index in [4.69, 9.17) is 4.74 Å². The lowest BCUT2D eigenvalue weighted by atomic mass is 10.0. The molecule has 0 radical (unpaired) electrons. The molecule has 6 nitrogen and oxygen atoms in total. The quantitative estimate of drug-likeness (QED) is 0.749. The maximum atomic E-state index is 11.9. The van der Waals surface area contributed by atoms with Crippen molar-refractivity contribution in [3.63, 3.8) is 0 Å². The maximum Gasteiger partial charge on any atom is 0.337 e. The van der Waals surface area contributed by atoms with Crippen LogP contribution in [0.2, 0.25) is 0 Å². The number of hydrogen-bond donors (Lipinski definition) is 2. The molecule has 0 spiro atoms. The zero-order chi connectivity index (χ0) is 15.3. The summed E-state index contributed by atoms with van der Waals surface area (Å²) < 4.78 is 31.0. The first-order valence-electron chi connectivity index (χ1n) is 6.11. The third kappa shape index (κ3) is 4.50. The summed E-state index contributed by atoms with van der Waals surface area (Å²) in [6, 6.07) is 3.18. The molecule has 0 fully saturated rings. The standard InChI is InChI=1S/C13H19NO5S/c1-9-7-10(2)12(11(8-9)13(15)16)14-20(17,18)6-4-5-19-3/h7-8,14H,4-6H2,1-3H3,(H,15,16). The lowest BCUT2D eigenvalue weighted by Gasteiger charge is -2.14. The number of nitrogens with one attached hydrogen (secondary N) is 1. The van der Waals surface area contributed by atoms with Crippen LogP contribution in [-0.2, 0) is 14.8 Å². The van der Waals surface area contributed by atoms with Gasteiger partial charge in [-0.1, -0.05) is 6.07 Å². The number of anilines is 1. The Labute approximate surface area is 118 Å². The molecule has 0 unspecified atom stereocenters. The van der Waals surface area contributed by atoms with Crippen molar-refractivity contribution in [1.29, 1.82) is 0 Å². The van der Waals surface area contributed by atoms with Crippen LogP contribution in [0, 0.1) is 13.8 Å². The van der Waals surface area contributed by atoms with E-state index in [9.17, 15) is 18.3 Å². The molecule has 0 bridgehead atoms. The maximum absolute atomic E-state index is 11.9. The minimum Gasteiger partial charge on any atom is -0.478 e. The fourth-order valence-electron chi connectivity index (χ4n) is 1.87. The van der Waals surface area contributed by atoms with Crippen molar-refractivity contribution in [2.45, 2.75) is 20.3 Å². The summed E-state index contributed by atoms with van der Waals surface area (Å²) in [4.78, 5) is 11.2. The molecule has 0 aliphatic rings. The van der Waals surface area contributed by atoms with Gasteiger partial charge >= 0.3 is 5.97 Å². The highest BCUT2D eigenvalue weighted by Crippen LogP contribution is 2.24. The van der Waals surface area contributed by atoms with E-state index in [1.165, 1.54) is 13.2 Å². The van der Waals surface area contributed by atoms with Gasteiger partial charge in [0.05, 0.1) is 17.0 Å². The fourth-order valence-corrected chi connectivity index (χ4v) is 3.05. The second kappa shape index (κ2) is 6.71. The SMILES string of the molecule is COCCCS(=O)(=O)Nc1c(C)cc(C)cc1C(=O)O. The summed E-state index contributed by atoms with van der Waals surface area (Å²) in [5.74, 6) is -1.28. The van der Waals surface area contributed by atoms with Gasteiger partial charge in [0, 0.05) is 13.7 Å². The number of carbonyl (C=O) groups is 1. The van der Waals surface area contributed by atoms with Gasteiger partial charge in [0.15, 0.2) is 0 Å². The number of aryl methyl sites for hydroxylation is 2. The van der Waals surface area contributed by atoms with Gasteiger partial charge in [-0.25, -0.2) is 13.2 Å². The molecular weight excluding hydrogens is 282 g/mol. The van der Waals surface area contributed by atoms with Gasteiger partial charge in [-0.15, -0.1) is 0 Å². The average Bonchev–Trinajstić information content (AvgIpc) is 2.32. The fraction of sp³-hybridized carbons (Fsp3) is 0.462. The van der Waals surface area contributed by atoms with E-state index in [1.54, 1.807) is 19.9 Å². The Hall–Kier alpha value is -1.60. The molecule has 0 aliphatic heterocycles. The number of carboxylic acid groups (broad SMARTS) is 1. The average molecular weight is 301 g/mol. The zero-order valence-corrected chi connectivity index (χ0v) is 12.6. The third-order valence-corrected chi connectivity index (χ3v) is 4.07. The normalized spacial score (nSPS) is 11.3. The molecule has 1 aromatic carbocycles. The molecule has 0 saturated heterocycles. The predicted molar refractivity (Wildman–Crippen MR) is 76.8 cm³/mol. The predicted octanol–water partition coefficient (Wildman–Crippen LogP) is 1.78. The molecule has 0 saturated carbocycles. The van der Waals surface area contributed by atoms with Crippen LogP contribution in [0.1, 0.15) is 27.9 Å². The highest BCUT2D eigenvalue weighted by molar-refractivity contribution is 7.92. The van der Waals surface area contributed by atoms with Gasteiger partial charge in [-0.05, 0) is 37.5 Å². The number of hydrogen-bond acceptors (Lipinski definition) is 4. The minimum atomic E-state index is -3.59. The molecule has 1 rings (SSSR count). The molecule has 112 valence electrons. The monoisotopic (exact) mass is 301 g/mol. The van der Waals surface area contributed by atoms with Crippen LogP contribution >= 0.6 is 0 Å². The van der Waals surface area contributed by atoms with Crippen molar-refractivity contribution in [2.24, 2.45) is 0 Å². The van der Waals surface area contributed by atoms with Gasteiger partial charge in [-0.3, -0.25) is 4.72 Å². The molecule has 20 heavy (non-hydrogen) atoms.